The molecule has 22 heavy (non-hydrogen) atoms. The molecule has 0 radical (unpaired) electrons. The van der Waals surface area contributed by atoms with Gasteiger partial charge in [-0.3, -0.25) is 0 Å². The van der Waals surface area contributed by atoms with Gasteiger partial charge < -0.3 is 9.84 Å². The molecular weight excluding hydrogens is 322 g/mol. The van der Waals surface area contributed by atoms with E-state index in [0.717, 1.165) is 50.0 Å². The molecule has 126 valence electrons. The van der Waals surface area contributed by atoms with E-state index in [2.05, 4.69) is 6.92 Å². The van der Waals surface area contributed by atoms with Crippen molar-refractivity contribution in [3.63, 3.8) is 0 Å². The maximum atomic E-state index is 11.7. The number of primary sulfonamides is 1. The lowest BCUT2D eigenvalue weighted by Crippen LogP contribution is -2.27. The third-order valence-electron chi connectivity index (χ3n) is 4.36. The molecule has 3 N–H and O–H groups in total. The minimum atomic E-state index is -3.72. The smallest absolute Gasteiger partial charge is 0.247 e. The third-order valence-corrected chi connectivity index (χ3v) is 6.82. The summed E-state index contributed by atoms with van der Waals surface area (Å²) in [6.07, 6.45) is 5.15. The van der Waals surface area contributed by atoms with E-state index in [-0.39, 0.29) is 22.7 Å². The van der Waals surface area contributed by atoms with Gasteiger partial charge in [-0.05, 0) is 55.0 Å². The van der Waals surface area contributed by atoms with Crippen LogP contribution < -0.4 is 5.14 Å². The molecule has 0 spiro atoms. The number of hydrogen-bond acceptors (Lipinski definition) is 5. The van der Waals surface area contributed by atoms with Gasteiger partial charge in [0.05, 0.1) is 12.7 Å². The lowest BCUT2D eigenvalue weighted by atomic mass is 9.77. The van der Waals surface area contributed by atoms with Crippen LogP contribution in [0, 0.1) is 5.92 Å². The van der Waals surface area contributed by atoms with E-state index < -0.39 is 10.0 Å². The van der Waals surface area contributed by atoms with Gasteiger partial charge in [0, 0.05) is 12.5 Å². The Morgan fingerprint density at radius 1 is 1.41 bits per heavy atom. The first kappa shape index (κ1) is 17.9. The van der Waals surface area contributed by atoms with Crippen LogP contribution >= 0.6 is 11.3 Å². The van der Waals surface area contributed by atoms with Crippen molar-refractivity contribution in [2.24, 2.45) is 11.1 Å². The Bertz CT molecular complexity index is 562. The van der Waals surface area contributed by atoms with Crippen LogP contribution in [0.15, 0.2) is 15.7 Å². The molecule has 1 heterocycles. The molecular formula is C15H25NO4S2. The molecule has 1 aromatic heterocycles. The Kier molecular flexibility index (Phi) is 6.40. The van der Waals surface area contributed by atoms with Gasteiger partial charge in [-0.25, -0.2) is 13.6 Å². The predicted octanol–water partition coefficient (Wildman–Crippen LogP) is 2.46. The number of aliphatic hydroxyl groups excluding tert-OH is 1. The SMILES string of the molecule is CCCOC1CCC([C@H](CO)c2ccsc2S(N)(=O)=O)CC1. The Morgan fingerprint density at radius 2 is 2.09 bits per heavy atom. The third kappa shape index (κ3) is 4.29. The normalized spacial score (nSPS) is 24.3. The largest absolute Gasteiger partial charge is 0.396 e. The summed E-state index contributed by atoms with van der Waals surface area (Å²) in [4.78, 5) is 0. The molecule has 0 aromatic carbocycles. The molecule has 2 rings (SSSR count). The van der Waals surface area contributed by atoms with Crippen LogP contribution in [-0.4, -0.2) is 32.8 Å². The van der Waals surface area contributed by atoms with Gasteiger partial charge in [-0.15, -0.1) is 11.3 Å². The number of hydrogen-bond donors (Lipinski definition) is 2. The van der Waals surface area contributed by atoms with Crippen LogP contribution in [-0.2, 0) is 14.8 Å². The molecule has 5 nitrogen and oxygen atoms in total. The second kappa shape index (κ2) is 7.88. The maximum Gasteiger partial charge on any atom is 0.247 e. The minimum Gasteiger partial charge on any atom is -0.396 e. The van der Waals surface area contributed by atoms with Crippen molar-refractivity contribution in [3.8, 4) is 0 Å². The Labute approximate surface area is 136 Å². The van der Waals surface area contributed by atoms with Crippen LogP contribution in [0.2, 0.25) is 0 Å². The highest BCUT2D eigenvalue weighted by Gasteiger charge is 2.32. The van der Waals surface area contributed by atoms with Crippen molar-refractivity contribution < 1.29 is 18.3 Å². The fourth-order valence-electron chi connectivity index (χ4n) is 3.26. The molecule has 1 saturated carbocycles. The lowest BCUT2D eigenvalue weighted by molar-refractivity contribution is 0.0128. The van der Waals surface area contributed by atoms with E-state index in [9.17, 15) is 13.5 Å². The monoisotopic (exact) mass is 347 g/mol. The van der Waals surface area contributed by atoms with Crippen LogP contribution in [0.3, 0.4) is 0 Å². The number of aliphatic hydroxyl groups is 1. The van der Waals surface area contributed by atoms with Gasteiger partial charge in [0.15, 0.2) is 0 Å². The van der Waals surface area contributed by atoms with E-state index in [1.54, 1.807) is 11.4 Å². The first-order valence-corrected chi connectivity index (χ1v) is 10.2. The molecule has 1 atom stereocenters. The number of thiophene rings is 1. The van der Waals surface area contributed by atoms with Gasteiger partial charge in [-0.2, -0.15) is 0 Å². The molecule has 1 aliphatic rings. The van der Waals surface area contributed by atoms with Crippen LogP contribution in [0.1, 0.15) is 50.5 Å². The van der Waals surface area contributed by atoms with Crippen molar-refractivity contribution in [2.45, 2.75) is 55.3 Å². The number of ether oxygens (including phenoxy) is 1. The fourth-order valence-corrected chi connectivity index (χ4v) is 5.20. The summed E-state index contributed by atoms with van der Waals surface area (Å²) in [5.74, 6) is 0.119. The second-order valence-corrected chi connectivity index (χ2v) is 8.58. The Hall–Kier alpha value is -0.470. The summed E-state index contributed by atoms with van der Waals surface area (Å²) in [6, 6.07) is 1.78. The van der Waals surface area contributed by atoms with Crippen molar-refractivity contribution in [1.82, 2.24) is 0 Å². The lowest BCUT2D eigenvalue weighted by Gasteiger charge is -2.33. The van der Waals surface area contributed by atoms with Crippen molar-refractivity contribution >= 4 is 21.4 Å². The summed E-state index contributed by atoms with van der Waals surface area (Å²) in [5, 5.41) is 16.8. The van der Waals surface area contributed by atoms with E-state index in [1.807, 2.05) is 0 Å². The molecule has 0 bridgehead atoms. The first-order chi connectivity index (χ1) is 10.5. The average molecular weight is 348 g/mol. The van der Waals surface area contributed by atoms with E-state index in [4.69, 9.17) is 9.88 Å². The molecule has 1 aliphatic carbocycles. The van der Waals surface area contributed by atoms with Crippen molar-refractivity contribution in [3.05, 3.63) is 17.0 Å². The van der Waals surface area contributed by atoms with Gasteiger partial charge in [0.2, 0.25) is 10.0 Å². The topological polar surface area (TPSA) is 89.6 Å². The zero-order chi connectivity index (χ0) is 16.2. The fraction of sp³-hybridized carbons (Fsp3) is 0.733. The van der Waals surface area contributed by atoms with Crippen LogP contribution in [0.5, 0.6) is 0 Å². The Morgan fingerprint density at radius 3 is 2.64 bits per heavy atom. The molecule has 0 aliphatic heterocycles. The zero-order valence-corrected chi connectivity index (χ0v) is 14.5. The maximum absolute atomic E-state index is 11.7. The standard InChI is InChI=1S/C15H25NO4S2/c1-2-8-20-12-5-3-11(4-6-12)14(10-17)13-7-9-21-15(13)22(16,18)19/h7,9,11-12,14,17H,2-6,8,10H2,1H3,(H2,16,18,19)/t11?,12?,14-/m0/s1. The summed E-state index contributed by atoms with van der Waals surface area (Å²) < 4.78 is 29.3. The Balaban J connectivity index is 2.06. The summed E-state index contributed by atoms with van der Waals surface area (Å²) in [7, 11) is -3.72. The van der Waals surface area contributed by atoms with E-state index in [0.29, 0.717) is 11.7 Å². The average Bonchev–Trinajstić information content (AvgIpc) is 2.97. The van der Waals surface area contributed by atoms with Crippen LogP contribution in [0.25, 0.3) is 0 Å². The molecule has 1 fully saturated rings. The van der Waals surface area contributed by atoms with Gasteiger partial charge in [0.25, 0.3) is 0 Å². The first-order valence-electron chi connectivity index (χ1n) is 7.80. The van der Waals surface area contributed by atoms with E-state index in [1.165, 1.54) is 0 Å². The predicted molar refractivity (Wildman–Crippen MR) is 87.5 cm³/mol. The number of rotatable bonds is 7. The number of nitrogens with two attached hydrogens (primary N) is 1. The molecule has 1 aromatic rings. The highest BCUT2D eigenvalue weighted by molar-refractivity contribution is 7.91. The molecule has 0 unspecified atom stereocenters. The molecule has 7 heteroatoms. The summed E-state index contributed by atoms with van der Waals surface area (Å²) in [6.45, 7) is 2.84. The minimum absolute atomic E-state index is 0.0512. The second-order valence-electron chi connectivity index (χ2n) is 5.91. The zero-order valence-electron chi connectivity index (χ0n) is 12.9. The summed E-state index contributed by atoms with van der Waals surface area (Å²) in [5.41, 5.74) is 0.674. The molecule has 0 saturated heterocycles. The van der Waals surface area contributed by atoms with Crippen molar-refractivity contribution in [2.75, 3.05) is 13.2 Å². The molecule has 0 amide bonds. The van der Waals surface area contributed by atoms with Crippen LogP contribution in [0.4, 0.5) is 0 Å². The van der Waals surface area contributed by atoms with Gasteiger partial charge in [0.1, 0.15) is 4.21 Å². The summed E-state index contributed by atoms with van der Waals surface area (Å²) >= 11 is 1.13. The highest BCUT2D eigenvalue weighted by atomic mass is 32.2. The van der Waals surface area contributed by atoms with E-state index >= 15 is 0 Å². The quantitative estimate of drug-likeness (QED) is 0.793. The number of sulfonamides is 1. The highest BCUT2D eigenvalue weighted by Crippen LogP contribution is 2.40. The van der Waals surface area contributed by atoms with Gasteiger partial charge in [-0.1, -0.05) is 6.92 Å². The van der Waals surface area contributed by atoms with Crippen molar-refractivity contribution in [1.29, 1.82) is 0 Å². The van der Waals surface area contributed by atoms with Gasteiger partial charge >= 0.3 is 0 Å².